The molecule has 0 saturated carbocycles. The average molecular weight is 447 g/mol. The third kappa shape index (κ3) is 6.16. The Hall–Kier alpha value is -1.70. The van der Waals surface area contributed by atoms with Gasteiger partial charge in [-0.2, -0.15) is 0 Å². The first kappa shape index (κ1) is 21.6. The minimum atomic E-state index is -2.96. The number of carbonyl (C=O) groups excluding carboxylic acids is 2. The molecule has 0 spiro atoms. The number of likely N-dealkylation sites (tertiary alicyclic amines) is 1. The number of hydrogen-bond acceptors (Lipinski definition) is 3. The fourth-order valence-electron chi connectivity index (χ4n) is 2.90. The lowest BCUT2D eigenvalue weighted by Crippen LogP contribution is -2.54. The summed E-state index contributed by atoms with van der Waals surface area (Å²) < 4.78 is 33.9. The molecule has 1 aliphatic rings. The first-order valence-corrected chi connectivity index (χ1v) is 9.57. The summed E-state index contributed by atoms with van der Waals surface area (Å²) >= 11 is 3.31. The van der Waals surface area contributed by atoms with Gasteiger partial charge in [-0.1, -0.05) is 22.0 Å². The molecule has 27 heavy (non-hydrogen) atoms. The molecule has 1 aliphatic heterocycles. The van der Waals surface area contributed by atoms with Crippen LogP contribution in [0.3, 0.4) is 0 Å². The number of hydrogen-bond donors (Lipinski definition) is 1. The molecule has 1 atom stereocenters. The topological polar surface area (TPSA) is 58.6 Å². The average Bonchev–Trinajstić information content (AvgIpc) is 2.53. The highest BCUT2D eigenvalue weighted by Crippen LogP contribution is 2.32. The van der Waals surface area contributed by atoms with Gasteiger partial charge in [0.2, 0.25) is 0 Å². The molecule has 1 aromatic rings. The number of amides is 2. The second-order valence-electron chi connectivity index (χ2n) is 7.91. The number of carbonyl (C=O) groups is 2. The summed E-state index contributed by atoms with van der Waals surface area (Å²) in [5.41, 5.74) is 0.577. The first-order valence-electron chi connectivity index (χ1n) is 8.78. The lowest BCUT2D eigenvalue weighted by Gasteiger charge is -2.39. The summed E-state index contributed by atoms with van der Waals surface area (Å²) in [7, 11) is 0. The van der Waals surface area contributed by atoms with Gasteiger partial charge in [-0.3, -0.25) is 4.79 Å². The maximum Gasteiger partial charge on any atom is 0.407 e. The van der Waals surface area contributed by atoms with E-state index < -0.39 is 36.0 Å². The summed E-state index contributed by atoms with van der Waals surface area (Å²) in [4.78, 5) is 26.0. The normalized spacial score (nSPS) is 19.5. The number of nitrogens with zero attached hydrogens (tertiary/aromatic N) is 1. The van der Waals surface area contributed by atoms with Crippen molar-refractivity contribution < 1.29 is 23.1 Å². The van der Waals surface area contributed by atoms with Crippen molar-refractivity contribution in [3.63, 3.8) is 0 Å². The van der Waals surface area contributed by atoms with Gasteiger partial charge in [-0.25, -0.2) is 13.6 Å². The van der Waals surface area contributed by atoms with E-state index in [0.29, 0.717) is 15.6 Å². The predicted octanol–water partition coefficient (Wildman–Crippen LogP) is 4.52. The zero-order valence-corrected chi connectivity index (χ0v) is 17.5. The fraction of sp³-hybridized carbons (Fsp3) is 0.579. The van der Waals surface area contributed by atoms with Gasteiger partial charge in [0.05, 0.1) is 12.6 Å². The van der Waals surface area contributed by atoms with Crippen LogP contribution >= 0.6 is 15.9 Å². The predicted molar refractivity (Wildman–Crippen MR) is 102 cm³/mol. The zero-order chi connectivity index (χ0) is 20.4. The van der Waals surface area contributed by atoms with Crippen molar-refractivity contribution in [1.29, 1.82) is 0 Å². The molecule has 1 fully saturated rings. The van der Waals surface area contributed by atoms with Gasteiger partial charge in [-0.15, -0.1) is 0 Å². The maximum atomic E-state index is 14.0. The minimum Gasteiger partial charge on any atom is -0.447 e. The Bertz CT molecular complexity index is 719. The highest BCUT2D eigenvalue weighted by Gasteiger charge is 2.43. The van der Waals surface area contributed by atoms with Gasteiger partial charge >= 0.3 is 6.09 Å². The van der Waals surface area contributed by atoms with E-state index in [2.05, 4.69) is 21.2 Å². The monoisotopic (exact) mass is 446 g/mol. The van der Waals surface area contributed by atoms with Crippen molar-refractivity contribution in [3.8, 4) is 0 Å². The Morgan fingerprint density at radius 2 is 2.04 bits per heavy atom. The number of alkyl halides is 2. The Balaban J connectivity index is 2.16. The van der Waals surface area contributed by atoms with Crippen LogP contribution in [0.25, 0.3) is 0 Å². The van der Waals surface area contributed by atoms with Gasteiger partial charge in [0, 0.05) is 22.0 Å². The van der Waals surface area contributed by atoms with Crippen LogP contribution in [0.4, 0.5) is 13.6 Å². The largest absolute Gasteiger partial charge is 0.447 e. The van der Waals surface area contributed by atoms with E-state index in [4.69, 9.17) is 4.74 Å². The molecule has 0 bridgehead atoms. The molecular formula is C19H25BrF2N2O3. The molecule has 1 N–H and O–H groups in total. The Labute approximate surface area is 166 Å². The number of alkyl carbamates (subject to hydrolysis) is 1. The zero-order valence-electron chi connectivity index (χ0n) is 15.9. The third-order valence-electron chi connectivity index (χ3n) is 4.26. The third-order valence-corrected chi connectivity index (χ3v) is 4.75. The van der Waals surface area contributed by atoms with Gasteiger partial charge in [0.1, 0.15) is 6.61 Å². The van der Waals surface area contributed by atoms with Gasteiger partial charge in [0.15, 0.2) is 0 Å². The number of ether oxygens (including phenoxy) is 1. The number of aryl methyl sites for hydroxylation is 1. The number of rotatable bonds is 3. The number of halogens is 3. The van der Waals surface area contributed by atoms with Crippen molar-refractivity contribution in [2.75, 3.05) is 13.2 Å². The number of benzene rings is 1. The molecule has 5 nitrogen and oxygen atoms in total. The molecule has 2 rings (SSSR count). The van der Waals surface area contributed by atoms with E-state index in [1.165, 1.54) is 0 Å². The maximum absolute atomic E-state index is 14.0. The van der Waals surface area contributed by atoms with Crippen molar-refractivity contribution in [1.82, 2.24) is 10.2 Å². The lowest BCUT2D eigenvalue weighted by molar-refractivity contribution is -0.0791. The van der Waals surface area contributed by atoms with Crippen LogP contribution in [0, 0.1) is 6.92 Å². The van der Waals surface area contributed by atoms with Crippen LogP contribution in [-0.2, 0) is 4.74 Å². The minimum absolute atomic E-state index is 0.0641. The quantitative estimate of drug-likeness (QED) is 0.742. The highest BCUT2D eigenvalue weighted by atomic mass is 79.9. The van der Waals surface area contributed by atoms with E-state index in [0.717, 1.165) is 4.90 Å². The van der Waals surface area contributed by atoms with Crippen molar-refractivity contribution >= 4 is 27.9 Å². The van der Waals surface area contributed by atoms with Crippen LogP contribution in [-0.4, -0.2) is 47.6 Å². The van der Waals surface area contributed by atoms with E-state index in [1.807, 2.05) is 0 Å². The molecule has 1 aromatic carbocycles. The molecule has 2 amide bonds. The molecule has 0 aromatic heterocycles. The van der Waals surface area contributed by atoms with Gasteiger partial charge in [0.25, 0.3) is 11.8 Å². The van der Waals surface area contributed by atoms with Crippen LogP contribution in [0.1, 0.15) is 49.5 Å². The summed E-state index contributed by atoms with van der Waals surface area (Å²) in [5, 5.41) is 2.65. The smallest absolute Gasteiger partial charge is 0.407 e. The molecule has 8 heteroatoms. The van der Waals surface area contributed by atoms with E-state index in [-0.39, 0.29) is 19.4 Å². The van der Waals surface area contributed by atoms with Crippen molar-refractivity contribution in [2.45, 2.75) is 58.0 Å². The SMILES string of the molecule is Cc1ccc(Br)cc1C(=O)N1CC(F)(F)CCC1COC(=O)NC(C)(C)C. The lowest BCUT2D eigenvalue weighted by atomic mass is 9.97. The second-order valence-corrected chi connectivity index (χ2v) is 8.83. The second kappa shape index (κ2) is 8.12. The Morgan fingerprint density at radius 3 is 2.67 bits per heavy atom. The van der Waals surface area contributed by atoms with Gasteiger partial charge in [-0.05, 0) is 51.8 Å². The van der Waals surface area contributed by atoms with Gasteiger partial charge < -0.3 is 15.0 Å². The van der Waals surface area contributed by atoms with Crippen LogP contribution in [0.5, 0.6) is 0 Å². The standard InChI is InChI=1S/C19H25BrF2N2O3/c1-12-5-6-13(20)9-15(12)16(25)24-11-19(21,22)8-7-14(24)10-27-17(26)23-18(2,3)4/h5-6,9,14H,7-8,10-11H2,1-4H3,(H,23,26). The van der Waals surface area contributed by atoms with Crippen LogP contribution < -0.4 is 5.32 Å². The van der Waals surface area contributed by atoms with E-state index in [1.54, 1.807) is 45.9 Å². The first-order chi connectivity index (χ1) is 12.4. The molecule has 150 valence electrons. The summed E-state index contributed by atoms with van der Waals surface area (Å²) in [5.74, 6) is -3.45. The van der Waals surface area contributed by atoms with Crippen molar-refractivity contribution in [3.05, 3.63) is 33.8 Å². The molecule has 0 radical (unpaired) electrons. The summed E-state index contributed by atoms with van der Waals surface area (Å²) in [6, 6.07) is 4.56. The molecular weight excluding hydrogens is 422 g/mol. The molecule has 0 aliphatic carbocycles. The van der Waals surface area contributed by atoms with E-state index >= 15 is 0 Å². The molecule has 1 heterocycles. The van der Waals surface area contributed by atoms with E-state index in [9.17, 15) is 18.4 Å². The molecule has 1 unspecified atom stereocenters. The van der Waals surface area contributed by atoms with Crippen LogP contribution in [0.2, 0.25) is 0 Å². The summed E-state index contributed by atoms with van der Waals surface area (Å²) in [6.07, 6.45) is -0.913. The summed E-state index contributed by atoms with van der Waals surface area (Å²) in [6.45, 7) is 6.36. The fourth-order valence-corrected chi connectivity index (χ4v) is 3.26. The molecule has 1 saturated heterocycles. The highest BCUT2D eigenvalue weighted by molar-refractivity contribution is 9.10. The van der Waals surface area contributed by atoms with Crippen molar-refractivity contribution in [2.24, 2.45) is 0 Å². The number of piperidine rings is 1. The van der Waals surface area contributed by atoms with Crippen LogP contribution in [0.15, 0.2) is 22.7 Å². The Kier molecular flexibility index (Phi) is 6.50. The number of nitrogens with one attached hydrogen (secondary N) is 1. The Morgan fingerprint density at radius 1 is 1.37 bits per heavy atom.